The summed E-state index contributed by atoms with van der Waals surface area (Å²) in [4.78, 5) is 5.92. The summed E-state index contributed by atoms with van der Waals surface area (Å²) in [5, 5.41) is 20.4. The van der Waals surface area contributed by atoms with E-state index < -0.39 is 0 Å². The molecule has 27 heavy (non-hydrogen) atoms. The summed E-state index contributed by atoms with van der Waals surface area (Å²) in [7, 11) is 1.53. The maximum atomic E-state index is 9.97. The van der Waals surface area contributed by atoms with Gasteiger partial charge in [0.2, 0.25) is 0 Å². The van der Waals surface area contributed by atoms with Gasteiger partial charge in [-0.2, -0.15) is 5.26 Å². The Morgan fingerprint density at radius 1 is 1.41 bits per heavy atom. The lowest BCUT2D eigenvalue weighted by Crippen LogP contribution is -2.26. The molecule has 4 nitrogen and oxygen atoms in total. The Balaban J connectivity index is 1.93. The highest BCUT2D eigenvalue weighted by molar-refractivity contribution is 14.1. The summed E-state index contributed by atoms with van der Waals surface area (Å²) in [6.07, 6.45) is 4.84. The number of fused-ring (bicyclic) bond motifs is 1. The predicted molar refractivity (Wildman–Crippen MR) is 119 cm³/mol. The normalized spacial score (nSPS) is 17.0. The van der Waals surface area contributed by atoms with E-state index in [4.69, 9.17) is 4.74 Å². The molecule has 6 heteroatoms. The summed E-state index contributed by atoms with van der Waals surface area (Å²) in [6, 6.07) is 5.96. The van der Waals surface area contributed by atoms with Gasteiger partial charge in [0, 0.05) is 11.1 Å². The van der Waals surface area contributed by atoms with Crippen LogP contribution in [0.15, 0.2) is 17.1 Å². The first kappa shape index (κ1) is 20.2. The smallest absolute Gasteiger partial charge is 0.171 e. The van der Waals surface area contributed by atoms with E-state index in [1.165, 1.54) is 17.6 Å². The van der Waals surface area contributed by atoms with Gasteiger partial charge in [-0.3, -0.25) is 0 Å². The Hall–Kier alpha value is -1.59. The molecule has 3 rings (SSSR count). The minimum Gasteiger partial charge on any atom is -0.504 e. The minimum atomic E-state index is 0.132. The molecule has 0 spiro atoms. The van der Waals surface area contributed by atoms with Gasteiger partial charge in [0.1, 0.15) is 11.1 Å². The van der Waals surface area contributed by atoms with Crippen LogP contribution in [0.4, 0.5) is 5.00 Å². The molecule has 1 aliphatic carbocycles. The van der Waals surface area contributed by atoms with Crippen molar-refractivity contribution in [1.29, 1.82) is 5.26 Å². The van der Waals surface area contributed by atoms with Crippen molar-refractivity contribution in [2.75, 3.05) is 7.11 Å². The molecule has 0 saturated carbocycles. The molecule has 0 unspecified atom stereocenters. The second kappa shape index (κ2) is 7.80. The van der Waals surface area contributed by atoms with Crippen LogP contribution in [0.1, 0.15) is 48.8 Å². The maximum absolute atomic E-state index is 9.97. The van der Waals surface area contributed by atoms with E-state index in [1.807, 2.05) is 6.07 Å². The highest BCUT2D eigenvalue weighted by atomic mass is 127. The van der Waals surface area contributed by atoms with Gasteiger partial charge in [0.05, 0.1) is 16.2 Å². The van der Waals surface area contributed by atoms with E-state index in [9.17, 15) is 10.4 Å². The van der Waals surface area contributed by atoms with E-state index in [-0.39, 0.29) is 11.2 Å². The molecule has 1 atom stereocenters. The minimum absolute atomic E-state index is 0.132. The largest absolute Gasteiger partial charge is 0.504 e. The van der Waals surface area contributed by atoms with E-state index in [0.29, 0.717) is 15.2 Å². The van der Waals surface area contributed by atoms with Crippen LogP contribution in [0, 0.1) is 26.2 Å². The standard InChI is InChI=1S/C21H23IN2O2S/c1-21(2,3)13-5-6-14-15(10-23)20(27-18(14)9-13)24-11-12-7-16(22)19(25)17(8-12)26-4/h7-8,11,13,25H,5-6,9H2,1-4H3/t13-/m0/s1. The Bertz CT molecular complexity index is 935. The van der Waals surface area contributed by atoms with Crippen LogP contribution in [-0.2, 0) is 12.8 Å². The zero-order chi connectivity index (χ0) is 19.8. The Morgan fingerprint density at radius 2 is 2.15 bits per heavy atom. The monoisotopic (exact) mass is 494 g/mol. The molecule has 0 bridgehead atoms. The van der Waals surface area contributed by atoms with E-state index in [2.05, 4.69) is 54.4 Å². The first-order valence-electron chi connectivity index (χ1n) is 8.89. The number of methoxy groups -OCH3 is 1. The third-order valence-electron chi connectivity index (χ3n) is 5.18. The lowest BCUT2D eigenvalue weighted by Gasteiger charge is -2.33. The maximum Gasteiger partial charge on any atom is 0.171 e. The van der Waals surface area contributed by atoms with Crippen LogP contribution >= 0.6 is 33.9 Å². The molecule has 1 aromatic heterocycles. The van der Waals surface area contributed by atoms with Crippen LogP contribution in [-0.4, -0.2) is 18.4 Å². The number of hydrogen-bond donors (Lipinski definition) is 1. The van der Waals surface area contributed by atoms with Crippen LogP contribution in [0.5, 0.6) is 11.5 Å². The summed E-state index contributed by atoms with van der Waals surface area (Å²) < 4.78 is 5.91. The number of ether oxygens (including phenoxy) is 1. The van der Waals surface area contributed by atoms with Gasteiger partial charge >= 0.3 is 0 Å². The molecule has 2 aromatic rings. The van der Waals surface area contributed by atoms with Crippen molar-refractivity contribution in [3.05, 3.63) is 37.3 Å². The number of phenolic OH excluding ortho intramolecular Hbond substituents is 1. The molecule has 0 radical (unpaired) electrons. The average Bonchev–Trinajstić information content (AvgIpc) is 2.98. The number of nitriles is 1. The Morgan fingerprint density at radius 3 is 2.78 bits per heavy atom. The van der Waals surface area contributed by atoms with Crippen molar-refractivity contribution in [2.24, 2.45) is 16.3 Å². The summed E-state index contributed by atoms with van der Waals surface area (Å²) in [5.74, 6) is 1.19. The molecule has 142 valence electrons. The first-order valence-corrected chi connectivity index (χ1v) is 10.8. The Kier molecular flexibility index (Phi) is 5.82. The molecule has 0 amide bonds. The van der Waals surface area contributed by atoms with Crippen molar-refractivity contribution in [2.45, 2.75) is 40.0 Å². The van der Waals surface area contributed by atoms with Crippen molar-refractivity contribution in [3.63, 3.8) is 0 Å². The van der Waals surface area contributed by atoms with Crippen molar-refractivity contribution in [3.8, 4) is 17.6 Å². The number of aliphatic imine (C=N–C) groups is 1. The van der Waals surface area contributed by atoms with Gasteiger partial charge in [-0.25, -0.2) is 4.99 Å². The molecule has 1 aliphatic rings. The number of halogens is 1. The molecule has 1 heterocycles. The zero-order valence-electron chi connectivity index (χ0n) is 16.0. The van der Waals surface area contributed by atoms with E-state index in [0.717, 1.165) is 35.4 Å². The number of thiophene rings is 1. The number of aromatic hydroxyl groups is 1. The van der Waals surface area contributed by atoms with Crippen molar-refractivity contribution in [1.82, 2.24) is 0 Å². The van der Waals surface area contributed by atoms with Crippen LogP contribution in [0.3, 0.4) is 0 Å². The summed E-state index contributed by atoms with van der Waals surface area (Å²) in [5.41, 5.74) is 3.01. The zero-order valence-corrected chi connectivity index (χ0v) is 18.9. The quantitative estimate of drug-likeness (QED) is 0.431. The Labute approximate surface area is 178 Å². The molecular weight excluding hydrogens is 471 g/mol. The van der Waals surface area contributed by atoms with Gasteiger partial charge in [-0.1, -0.05) is 20.8 Å². The lowest BCUT2D eigenvalue weighted by molar-refractivity contribution is 0.218. The fourth-order valence-corrected chi connectivity index (χ4v) is 5.32. The summed E-state index contributed by atoms with van der Waals surface area (Å²) >= 11 is 3.71. The van der Waals surface area contributed by atoms with Gasteiger partial charge in [0.15, 0.2) is 11.5 Å². The fourth-order valence-electron chi connectivity index (χ4n) is 3.47. The molecule has 0 aliphatic heterocycles. The second-order valence-corrected chi connectivity index (χ2v) is 10.2. The third-order valence-corrected chi connectivity index (χ3v) is 7.17. The third kappa shape index (κ3) is 4.14. The highest BCUT2D eigenvalue weighted by Crippen LogP contribution is 2.45. The SMILES string of the molecule is COc1cc(C=Nc2sc3c(c2C#N)CC[C@H](C(C)(C)C)C3)cc(I)c1O. The first-order chi connectivity index (χ1) is 12.7. The molecule has 0 fully saturated rings. The fraction of sp³-hybridized carbons (Fsp3) is 0.429. The second-order valence-electron chi connectivity index (χ2n) is 7.91. The van der Waals surface area contributed by atoms with Gasteiger partial charge in [-0.05, 0) is 76.4 Å². The lowest BCUT2D eigenvalue weighted by atomic mass is 9.72. The summed E-state index contributed by atoms with van der Waals surface area (Å²) in [6.45, 7) is 6.88. The van der Waals surface area contributed by atoms with E-state index in [1.54, 1.807) is 23.6 Å². The van der Waals surface area contributed by atoms with E-state index >= 15 is 0 Å². The average molecular weight is 494 g/mol. The van der Waals surface area contributed by atoms with Crippen LogP contribution in [0.2, 0.25) is 0 Å². The highest BCUT2D eigenvalue weighted by Gasteiger charge is 2.32. The molecular formula is C21H23IN2O2S. The number of phenols is 1. The number of benzene rings is 1. The number of rotatable bonds is 3. The van der Waals surface area contributed by atoms with Gasteiger partial charge in [0.25, 0.3) is 0 Å². The topological polar surface area (TPSA) is 65.6 Å². The molecule has 1 N–H and O–H groups in total. The molecule has 1 aromatic carbocycles. The van der Waals surface area contributed by atoms with Crippen molar-refractivity contribution >= 4 is 45.1 Å². The van der Waals surface area contributed by atoms with Crippen LogP contribution in [0.25, 0.3) is 0 Å². The number of nitrogens with zero attached hydrogens (tertiary/aromatic N) is 2. The van der Waals surface area contributed by atoms with Gasteiger partial charge < -0.3 is 9.84 Å². The predicted octanol–water partition coefficient (Wildman–Crippen LogP) is 5.84. The molecule has 0 saturated heterocycles. The number of hydrogen-bond acceptors (Lipinski definition) is 5. The van der Waals surface area contributed by atoms with Crippen LogP contribution < -0.4 is 4.74 Å². The van der Waals surface area contributed by atoms with Gasteiger partial charge in [-0.15, -0.1) is 11.3 Å². The van der Waals surface area contributed by atoms with Crippen molar-refractivity contribution < 1.29 is 9.84 Å².